The van der Waals surface area contributed by atoms with E-state index in [1.54, 1.807) is 0 Å². The maximum absolute atomic E-state index is 12.0. The molecule has 0 aliphatic carbocycles. The summed E-state index contributed by atoms with van der Waals surface area (Å²) in [6.07, 6.45) is 0.834. The number of nitrogens with zero attached hydrogens (tertiary/aromatic N) is 2. The minimum Gasteiger partial charge on any atom is -0.355 e. The maximum Gasteiger partial charge on any atom is 0.230 e. The molecular formula is C19H20N4OS2. The highest BCUT2D eigenvalue weighted by molar-refractivity contribution is 8.01. The van der Waals surface area contributed by atoms with Crippen molar-refractivity contribution in [2.75, 3.05) is 17.6 Å². The Hall–Kier alpha value is -2.38. The van der Waals surface area contributed by atoms with Crippen LogP contribution in [0, 0.1) is 6.92 Å². The summed E-state index contributed by atoms with van der Waals surface area (Å²) in [5, 5.41) is 15.2. The fourth-order valence-electron chi connectivity index (χ4n) is 2.32. The van der Waals surface area contributed by atoms with Crippen LogP contribution in [0.25, 0.3) is 0 Å². The molecule has 2 aromatic carbocycles. The molecule has 0 radical (unpaired) electrons. The maximum atomic E-state index is 12.0. The van der Waals surface area contributed by atoms with Crippen LogP contribution in [0.5, 0.6) is 0 Å². The van der Waals surface area contributed by atoms with Gasteiger partial charge in [-0.25, -0.2) is 0 Å². The number of para-hydroxylation sites is 1. The molecule has 0 spiro atoms. The molecule has 26 heavy (non-hydrogen) atoms. The second-order valence-corrected chi connectivity index (χ2v) is 7.89. The van der Waals surface area contributed by atoms with E-state index in [4.69, 9.17) is 0 Å². The predicted molar refractivity (Wildman–Crippen MR) is 108 cm³/mol. The van der Waals surface area contributed by atoms with E-state index < -0.39 is 0 Å². The number of carbonyl (C=O) groups is 1. The van der Waals surface area contributed by atoms with Gasteiger partial charge in [0.1, 0.15) is 0 Å². The minimum atomic E-state index is 0.00884. The number of carbonyl (C=O) groups excluding carboxylic acids is 1. The topological polar surface area (TPSA) is 66.9 Å². The molecule has 3 aromatic rings. The summed E-state index contributed by atoms with van der Waals surface area (Å²) < 4.78 is 0.777. The smallest absolute Gasteiger partial charge is 0.230 e. The molecule has 5 nitrogen and oxygen atoms in total. The summed E-state index contributed by atoms with van der Waals surface area (Å²) in [5.74, 6) is 0.350. The zero-order chi connectivity index (χ0) is 18.2. The standard InChI is InChI=1S/C19H20N4OS2/c1-14-7-5-6-10-16(14)21-18-22-23-19(26-18)25-13-17(24)20-12-11-15-8-3-2-4-9-15/h2-10H,11-13H2,1H3,(H,20,24)(H,21,22). The zero-order valence-electron chi connectivity index (χ0n) is 14.4. The molecule has 134 valence electrons. The Balaban J connectivity index is 1.41. The number of nitrogens with one attached hydrogen (secondary N) is 2. The number of thioether (sulfide) groups is 1. The molecule has 1 heterocycles. The molecule has 0 atom stereocenters. The number of benzene rings is 2. The lowest BCUT2D eigenvalue weighted by molar-refractivity contribution is -0.118. The van der Waals surface area contributed by atoms with Gasteiger partial charge >= 0.3 is 0 Å². The number of rotatable bonds is 8. The summed E-state index contributed by atoms with van der Waals surface area (Å²) in [6, 6.07) is 18.1. The van der Waals surface area contributed by atoms with Gasteiger partial charge in [-0.2, -0.15) is 0 Å². The first-order valence-corrected chi connectivity index (χ1v) is 10.1. The highest BCUT2D eigenvalue weighted by Gasteiger charge is 2.09. The van der Waals surface area contributed by atoms with Crippen molar-refractivity contribution in [2.45, 2.75) is 17.7 Å². The Morgan fingerprint density at radius 1 is 1.08 bits per heavy atom. The first kappa shape index (κ1) is 18.4. The average Bonchev–Trinajstić information content (AvgIpc) is 3.10. The summed E-state index contributed by atoms with van der Waals surface area (Å²) in [7, 11) is 0. The molecule has 0 unspecified atom stereocenters. The van der Waals surface area contributed by atoms with Gasteiger partial charge in [-0.15, -0.1) is 10.2 Å². The van der Waals surface area contributed by atoms with Crippen LogP contribution in [0.3, 0.4) is 0 Å². The monoisotopic (exact) mass is 384 g/mol. The van der Waals surface area contributed by atoms with Crippen LogP contribution >= 0.6 is 23.1 Å². The Bertz CT molecular complexity index is 852. The van der Waals surface area contributed by atoms with Crippen LogP contribution in [0.1, 0.15) is 11.1 Å². The van der Waals surface area contributed by atoms with Crippen molar-refractivity contribution in [3.63, 3.8) is 0 Å². The second-order valence-electron chi connectivity index (χ2n) is 5.69. The van der Waals surface area contributed by atoms with Crippen LogP contribution in [0.2, 0.25) is 0 Å². The van der Waals surface area contributed by atoms with Crippen molar-refractivity contribution < 1.29 is 4.79 Å². The highest BCUT2D eigenvalue weighted by Crippen LogP contribution is 2.28. The molecule has 2 N–H and O–H groups in total. The van der Waals surface area contributed by atoms with Crippen molar-refractivity contribution in [3.05, 3.63) is 65.7 Å². The number of hydrogen-bond acceptors (Lipinski definition) is 6. The summed E-state index contributed by atoms with van der Waals surface area (Å²) in [6.45, 7) is 2.68. The van der Waals surface area contributed by atoms with Gasteiger partial charge in [-0.05, 0) is 30.5 Å². The molecule has 7 heteroatoms. The summed E-state index contributed by atoms with van der Waals surface area (Å²) in [4.78, 5) is 12.0. The number of aryl methyl sites for hydroxylation is 1. The molecule has 0 saturated carbocycles. The van der Waals surface area contributed by atoms with E-state index >= 15 is 0 Å². The van der Waals surface area contributed by atoms with Gasteiger partial charge in [-0.1, -0.05) is 71.6 Å². The van der Waals surface area contributed by atoms with Gasteiger partial charge in [0.15, 0.2) is 4.34 Å². The Morgan fingerprint density at radius 2 is 1.85 bits per heavy atom. The van der Waals surface area contributed by atoms with Crippen LogP contribution in [-0.4, -0.2) is 28.4 Å². The van der Waals surface area contributed by atoms with E-state index in [1.807, 2.05) is 49.4 Å². The van der Waals surface area contributed by atoms with Crippen molar-refractivity contribution >= 4 is 39.8 Å². The summed E-state index contributed by atoms with van der Waals surface area (Å²) >= 11 is 2.85. The Kier molecular flexibility index (Phi) is 6.62. The van der Waals surface area contributed by atoms with E-state index in [-0.39, 0.29) is 5.91 Å². The van der Waals surface area contributed by atoms with Gasteiger partial charge < -0.3 is 10.6 Å². The van der Waals surface area contributed by atoms with Crippen molar-refractivity contribution in [1.29, 1.82) is 0 Å². The third-order valence-electron chi connectivity index (χ3n) is 3.70. The van der Waals surface area contributed by atoms with E-state index in [9.17, 15) is 4.79 Å². The molecule has 1 aromatic heterocycles. The van der Waals surface area contributed by atoms with E-state index in [2.05, 4.69) is 33.0 Å². The SMILES string of the molecule is Cc1ccccc1Nc1nnc(SCC(=O)NCCc2ccccc2)s1. The third-order valence-corrected chi connectivity index (χ3v) is 5.67. The number of anilines is 2. The Labute approximate surface area is 161 Å². The predicted octanol–water partition coefficient (Wildman–Crippen LogP) is 4.04. The van der Waals surface area contributed by atoms with Gasteiger partial charge in [0.05, 0.1) is 5.75 Å². The number of hydrogen-bond donors (Lipinski definition) is 2. The fourth-order valence-corrected chi connectivity index (χ4v) is 3.91. The Morgan fingerprint density at radius 3 is 2.65 bits per heavy atom. The molecule has 0 aliphatic rings. The highest BCUT2D eigenvalue weighted by atomic mass is 32.2. The third kappa shape index (κ3) is 5.57. The number of amides is 1. The first-order valence-electron chi connectivity index (χ1n) is 8.30. The number of aromatic nitrogens is 2. The molecule has 0 aliphatic heterocycles. The largest absolute Gasteiger partial charge is 0.355 e. The first-order chi connectivity index (χ1) is 12.7. The average molecular weight is 385 g/mol. The van der Waals surface area contributed by atoms with E-state index in [1.165, 1.54) is 28.7 Å². The van der Waals surface area contributed by atoms with Crippen LogP contribution < -0.4 is 10.6 Å². The van der Waals surface area contributed by atoms with Crippen LogP contribution in [-0.2, 0) is 11.2 Å². The molecule has 0 saturated heterocycles. The van der Waals surface area contributed by atoms with Crippen LogP contribution in [0.4, 0.5) is 10.8 Å². The van der Waals surface area contributed by atoms with E-state index in [0.29, 0.717) is 12.3 Å². The quantitative estimate of drug-likeness (QED) is 0.574. The minimum absolute atomic E-state index is 0.00884. The van der Waals surface area contributed by atoms with Gasteiger partial charge in [0.2, 0.25) is 11.0 Å². The second kappa shape index (κ2) is 9.35. The lowest BCUT2D eigenvalue weighted by Gasteiger charge is -2.05. The van der Waals surface area contributed by atoms with Crippen molar-refractivity contribution in [2.24, 2.45) is 0 Å². The zero-order valence-corrected chi connectivity index (χ0v) is 16.1. The van der Waals surface area contributed by atoms with Gasteiger partial charge in [-0.3, -0.25) is 4.79 Å². The molecular weight excluding hydrogens is 364 g/mol. The van der Waals surface area contributed by atoms with E-state index in [0.717, 1.165) is 27.1 Å². The van der Waals surface area contributed by atoms with Crippen molar-refractivity contribution in [3.8, 4) is 0 Å². The lowest BCUT2D eigenvalue weighted by Crippen LogP contribution is -2.27. The summed E-state index contributed by atoms with van der Waals surface area (Å²) in [5.41, 5.74) is 3.38. The molecule has 0 bridgehead atoms. The molecule has 1 amide bonds. The fraction of sp³-hybridized carbons (Fsp3) is 0.211. The molecule has 0 fully saturated rings. The van der Waals surface area contributed by atoms with Gasteiger partial charge in [0, 0.05) is 12.2 Å². The van der Waals surface area contributed by atoms with Crippen molar-refractivity contribution in [1.82, 2.24) is 15.5 Å². The van der Waals surface area contributed by atoms with Crippen LogP contribution in [0.15, 0.2) is 58.9 Å². The molecule has 3 rings (SSSR count). The lowest BCUT2D eigenvalue weighted by atomic mass is 10.1. The van der Waals surface area contributed by atoms with Gasteiger partial charge in [0.25, 0.3) is 0 Å². The normalized spacial score (nSPS) is 10.5.